The van der Waals surface area contributed by atoms with Gasteiger partial charge in [0.15, 0.2) is 0 Å². The molecule has 0 spiro atoms. The number of methoxy groups -OCH3 is 1. The molecule has 1 atom stereocenters. The Morgan fingerprint density at radius 1 is 1.13 bits per heavy atom. The first-order chi connectivity index (χ1) is 11.1. The van der Waals surface area contributed by atoms with Crippen molar-refractivity contribution in [2.45, 2.75) is 20.3 Å². The third-order valence-corrected chi connectivity index (χ3v) is 3.56. The average molecular weight is 312 g/mol. The molecule has 0 amide bonds. The molecule has 0 heterocycles. The van der Waals surface area contributed by atoms with E-state index in [1.54, 1.807) is 7.11 Å². The van der Waals surface area contributed by atoms with E-state index in [0.717, 1.165) is 23.5 Å². The zero-order chi connectivity index (χ0) is 16.5. The van der Waals surface area contributed by atoms with Gasteiger partial charge in [-0.25, -0.2) is 0 Å². The van der Waals surface area contributed by atoms with Crippen LogP contribution in [0.4, 0.5) is 0 Å². The number of hydrogen-bond acceptors (Lipinski definition) is 3. The molecular weight excluding hydrogens is 288 g/mol. The van der Waals surface area contributed by atoms with E-state index in [0.29, 0.717) is 19.8 Å². The first kappa shape index (κ1) is 17.2. The molecule has 3 heteroatoms. The van der Waals surface area contributed by atoms with E-state index in [2.05, 4.69) is 30.9 Å². The smallest absolute Gasteiger partial charge is 0.119 e. The molecule has 0 radical (unpaired) electrons. The van der Waals surface area contributed by atoms with Crippen molar-refractivity contribution in [3.8, 4) is 17.6 Å². The molecule has 1 aromatic carbocycles. The summed E-state index contributed by atoms with van der Waals surface area (Å²) in [6.07, 6.45) is 7.03. The van der Waals surface area contributed by atoms with Crippen molar-refractivity contribution in [3.05, 3.63) is 53.8 Å². The van der Waals surface area contributed by atoms with Crippen molar-refractivity contribution < 1.29 is 14.2 Å². The molecule has 122 valence electrons. The van der Waals surface area contributed by atoms with Crippen LogP contribution < -0.4 is 4.74 Å². The Kier molecular flexibility index (Phi) is 6.31. The molecule has 1 aliphatic rings. The van der Waals surface area contributed by atoms with E-state index in [1.165, 1.54) is 0 Å². The fourth-order valence-electron chi connectivity index (χ4n) is 2.17. The van der Waals surface area contributed by atoms with Gasteiger partial charge in [-0.1, -0.05) is 17.9 Å². The van der Waals surface area contributed by atoms with E-state index in [-0.39, 0.29) is 5.41 Å². The third-order valence-electron chi connectivity index (χ3n) is 3.56. The number of ether oxygens (including phenoxy) is 3. The van der Waals surface area contributed by atoms with Crippen LogP contribution >= 0.6 is 0 Å². The lowest BCUT2D eigenvalue weighted by atomic mass is 9.84. The molecule has 0 aromatic heterocycles. The molecule has 1 aliphatic carbocycles. The topological polar surface area (TPSA) is 27.7 Å². The van der Waals surface area contributed by atoms with Crippen LogP contribution in [0.1, 0.15) is 25.8 Å². The second-order valence-electron chi connectivity index (χ2n) is 5.61. The Labute approximate surface area is 138 Å². The van der Waals surface area contributed by atoms with Gasteiger partial charge in [-0.15, -0.1) is 0 Å². The lowest BCUT2D eigenvalue weighted by Gasteiger charge is -2.22. The summed E-state index contributed by atoms with van der Waals surface area (Å²) in [6, 6.07) is 7.88. The monoisotopic (exact) mass is 312 g/mol. The molecule has 2 rings (SSSR count). The minimum Gasteiger partial charge on any atom is -0.494 e. The number of allylic oxidation sites excluding steroid dienone is 3. The van der Waals surface area contributed by atoms with Crippen LogP contribution in [0, 0.1) is 17.3 Å². The van der Waals surface area contributed by atoms with Crippen molar-refractivity contribution in [2.24, 2.45) is 5.41 Å². The standard InChI is InChI=1S/C20H24O3/c1-4-22-18-7-5-17(6-8-18)9-12-20(2)13-10-19(11-14-20)23-16-15-21-3/h5-8,10-11,13H,4,14-16H2,1-3H3. The highest BCUT2D eigenvalue weighted by Crippen LogP contribution is 2.29. The van der Waals surface area contributed by atoms with Crippen LogP contribution in [0.15, 0.2) is 48.3 Å². The summed E-state index contributed by atoms with van der Waals surface area (Å²) in [5, 5.41) is 0. The van der Waals surface area contributed by atoms with E-state index in [1.807, 2.05) is 37.3 Å². The fraction of sp³-hybridized carbons (Fsp3) is 0.400. The number of rotatable bonds is 6. The minimum absolute atomic E-state index is 0.160. The van der Waals surface area contributed by atoms with Crippen molar-refractivity contribution in [3.63, 3.8) is 0 Å². The van der Waals surface area contributed by atoms with E-state index >= 15 is 0 Å². The largest absolute Gasteiger partial charge is 0.494 e. The Bertz CT molecular complexity index is 617. The van der Waals surface area contributed by atoms with Gasteiger partial charge in [0.1, 0.15) is 18.1 Å². The highest BCUT2D eigenvalue weighted by atomic mass is 16.5. The molecule has 1 aromatic rings. The maximum atomic E-state index is 5.60. The van der Waals surface area contributed by atoms with E-state index in [9.17, 15) is 0 Å². The first-order valence-corrected chi connectivity index (χ1v) is 7.92. The van der Waals surface area contributed by atoms with Crippen LogP contribution in [0.5, 0.6) is 5.75 Å². The van der Waals surface area contributed by atoms with Crippen molar-refractivity contribution in [2.75, 3.05) is 26.9 Å². The maximum Gasteiger partial charge on any atom is 0.119 e. The second-order valence-corrected chi connectivity index (χ2v) is 5.61. The van der Waals surface area contributed by atoms with Crippen LogP contribution in [-0.2, 0) is 9.47 Å². The van der Waals surface area contributed by atoms with Crippen molar-refractivity contribution in [1.82, 2.24) is 0 Å². The Morgan fingerprint density at radius 2 is 1.91 bits per heavy atom. The molecule has 23 heavy (non-hydrogen) atoms. The normalized spacial score (nSPS) is 19.5. The van der Waals surface area contributed by atoms with Gasteiger partial charge in [0, 0.05) is 12.7 Å². The minimum atomic E-state index is -0.160. The van der Waals surface area contributed by atoms with Crippen LogP contribution in [0.3, 0.4) is 0 Å². The molecule has 0 N–H and O–H groups in total. The zero-order valence-corrected chi connectivity index (χ0v) is 14.1. The molecule has 0 saturated carbocycles. The summed E-state index contributed by atoms with van der Waals surface area (Å²) < 4.78 is 16.0. The Balaban J connectivity index is 1.95. The lowest BCUT2D eigenvalue weighted by Crippen LogP contribution is -2.13. The van der Waals surface area contributed by atoms with Crippen molar-refractivity contribution >= 4 is 0 Å². The SMILES string of the molecule is CCOc1ccc(C#CC2(C)C=CC(OCCOC)=CC2)cc1. The van der Waals surface area contributed by atoms with Gasteiger partial charge in [0.25, 0.3) is 0 Å². The second kappa shape index (κ2) is 8.45. The summed E-state index contributed by atoms with van der Waals surface area (Å²) >= 11 is 0. The Hall–Kier alpha value is -2.18. The van der Waals surface area contributed by atoms with Crippen LogP contribution in [0.25, 0.3) is 0 Å². The molecular formula is C20H24O3. The molecule has 0 fully saturated rings. The first-order valence-electron chi connectivity index (χ1n) is 7.92. The predicted octanol–water partition coefficient (Wildman–Crippen LogP) is 3.95. The van der Waals surface area contributed by atoms with Crippen LogP contribution in [0.2, 0.25) is 0 Å². The third kappa shape index (κ3) is 5.50. The molecule has 0 saturated heterocycles. The van der Waals surface area contributed by atoms with Gasteiger partial charge in [0.05, 0.1) is 18.6 Å². The highest BCUT2D eigenvalue weighted by Gasteiger charge is 2.20. The van der Waals surface area contributed by atoms with Gasteiger partial charge in [-0.2, -0.15) is 0 Å². The lowest BCUT2D eigenvalue weighted by molar-refractivity contribution is 0.113. The van der Waals surface area contributed by atoms with Crippen LogP contribution in [-0.4, -0.2) is 26.9 Å². The van der Waals surface area contributed by atoms with E-state index < -0.39 is 0 Å². The van der Waals surface area contributed by atoms with Gasteiger partial charge >= 0.3 is 0 Å². The Morgan fingerprint density at radius 3 is 2.52 bits per heavy atom. The highest BCUT2D eigenvalue weighted by molar-refractivity contribution is 5.41. The van der Waals surface area contributed by atoms with Gasteiger partial charge < -0.3 is 14.2 Å². The molecule has 1 unspecified atom stereocenters. The maximum absolute atomic E-state index is 5.60. The summed E-state index contributed by atoms with van der Waals surface area (Å²) in [5.74, 6) is 8.36. The fourth-order valence-corrected chi connectivity index (χ4v) is 2.17. The van der Waals surface area contributed by atoms with Gasteiger partial charge in [-0.05, 0) is 56.7 Å². The number of hydrogen-bond donors (Lipinski definition) is 0. The quantitative estimate of drug-likeness (QED) is 0.588. The number of benzene rings is 1. The summed E-state index contributed by atoms with van der Waals surface area (Å²) in [4.78, 5) is 0. The van der Waals surface area contributed by atoms with Gasteiger partial charge in [0.2, 0.25) is 0 Å². The summed E-state index contributed by atoms with van der Waals surface area (Å²) in [5.41, 5.74) is 0.835. The van der Waals surface area contributed by atoms with E-state index in [4.69, 9.17) is 14.2 Å². The predicted molar refractivity (Wildman–Crippen MR) is 92.3 cm³/mol. The van der Waals surface area contributed by atoms with Crippen molar-refractivity contribution in [1.29, 1.82) is 0 Å². The average Bonchev–Trinajstić information content (AvgIpc) is 2.57. The molecule has 3 nitrogen and oxygen atoms in total. The summed E-state index contributed by atoms with van der Waals surface area (Å²) in [6.45, 7) is 5.95. The molecule has 0 aliphatic heterocycles. The molecule has 0 bridgehead atoms. The van der Waals surface area contributed by atoms with Gasteiger partial charge in [-0.3, -0.25) is 0 Å². The summed E-state index contributed by atoms with van der Waals surface area (Å²) in [7, 11) is 1.67. The zero-order valence-electron chi connectivity index (χ0n) is 14.1.